The number of nitrogens with one attached hydrogen (secondary N) is 1. The summed E-state index contributed by atoms with van der Waals surface area (Å²) in [7, 11) is 0. The Morgan fingerprint density at radius 3 is 2.09 bits per heavy atom. The van der Waals surface area contributed by atoms with E-state index in [1.54, 1.807) is 0 Å². The first kappa shape index (κ1) is 25.6. The van der Waals surface area contributed by atoms with E-state index in [1.165, 1.54) is 17.6 Å². The zero-order chi connectivity index (χ0) is 17.8. The van der Waals surface area contributed by atoms with Crippen molar-refractivity contribution in [3.05, 3.63) is 61.3 Å². The fraction of sp³-hybridized carbons (Fsp3) is 0.524. The van der Waals surface area contributed by atoms with Gasteiger partial charge in [0.1, 0.15) is 0 Å². The molecule has 1 heteroatoms. The van der Waals surface area contributed by atoms with Crippen molar-refractivity contribution in [2.45, 2.75) is 54.4 Å². The van der Waals surface area contributed by atoms with Crippen LogP contribution >= 0.6 is 0 Å². The van der Waals surface area contributed by atoms with Gasteiger partial charge < -0.3 is 5.32 Å². The van der Waals surface area contributed by atoms with E-state index in [2.05, 4.69) is 90.9 Å². The summed E-state index contributed by atoms with van der Waals surface area (Å²) in [6.45, 7) is 24.4. The van der Waals surface area contributed by atoms with Gasteiger partial charge in [-0.05, 0) is 46.1 Å². The van der Waals surface area contributed by atoms with Crippen LogP contribution in [0.5, 0.6) is 0 Å². The van der Waals surface area contributed by atoms with Crippen molar-refractivity contribution in [1.82, 2.24) is 5.32 Å². The van der Waals surface area contributed by atoms with Crippen LogP contribution in [0.4, 0.5) is 0 Å². The number of allylic oxidation sites excluding steroid dienone is 6. The van der Waals surface area contributed by atoms with Crippen molar-refractivity contribution in [1.29, 1.82) is 0 Å². The maximum absolute atomic E-state index is 3.72. The Labute approximate surface area is 140 Å². The number of rotatable bonds is 8. The zero-order valence-corrected chi connectivity index (χ0v) is 15.9. The first-order valence-corrected chi connectivity index (χ1v) is 8.25. The molecule has 0 fully saturated rings. The van der Waals surface area contributed by atoms with Crippen LogP contribution in [0.2, 0.25) is 0 Å². The van der Waals surface area contributed by atoms with Crippen molar-refractivity contribution in [2.75, 3.05) is 13.1 Å². The Hall–Kier alpha value is -1.34. The minimum absolute atomic E-state index is 0.833. The molecule has 0 saturated heterocycles. The first-order chi connectivity index (χ1) is 10.5. The van der Waals surface area contributed by atoms with E-state index in [4.69, 9.17) is 0 Å². The van der Waals surface area contributed by atoms with Crippen LogP contribution in [0.3, 0.4) is 0 Å². The van der Waals surface area contributed by atoms with Crippen molar-refractivity contribution < 1.29 is 0 Å². The summed E-state index contributed by atoms with van der Waals surface area (Å²) in [6.07, 6.45) is 12.8. The molecule has 0 radical (unpaired) electrons. The molecular formula is C21H39N. The van der Waals surface area contributed by atoms with Gasteiger partial charge in [0.2, 0.25) is 0 Å². The van der Waals surface area contributed by atoms with Crippen molar-refractivity contribution in [2.24, 2.45) is 5.92 Å². The highest BCUT2D eigenvalue weighted by molar-refractivity contribution is 5.17. The maximum Gasteiger partial charge on any atom is 0.0140 e. The lowest BCUT2D eigenvalue weighted by Gasteiger charge is -2.03. The summed E-state index contributed by atoms with van der Waals surface area (Å²) in [5, 5.41) is 3.40. The summed E-state index contributed by atoms with van der Waals surface area (Å²) in [6, 6.07) is 0. The van der Waals surface area contributed by atoms with E-state index in [9.17, 15) is 0 Å². The molecule has 22 heavy (non-hydrogen) atoms. The Balaban J connectivity index is -0.000000516. The molecule has 0 unspecified atom stereocenters. The molecule has 0 heterocycles. The minimum atomic E-state index is 0.833. The largest absolute Gasteiger partial charge is 0.313 e. The van der Waals surface area contributed by atoms with Crippen molar-refractivity contribution in [3.63, 3.8) is 0 Å². The average Bonchev–Trinajstić information content (AvgIpc) is 2.50. The highest BCUT2D eigenvalue weighted by atomic mass is 14.8. The second-order valence-electron chi connectivity index (χ2n) is 5.56. The molecule has 0 amide bonds. The van der Waals surface area contributed by atoms with Crippen LogP contribution in [0.1, 0.15) is 54.4 Å². The molecule has 0 rings (SSSR count). The average molecular weight is 306 g/mol. The third-order valence-electron chi connectivity index (χ3n) is 2.46. The summed E-state index contributed by atoms with van der Waals surface area (Å²) >= 11 is 0. The van der Waals surface area contributed by atoms with Gasteiger partial charge in [0.05, 0.1) is 0 Å². The zero-order valence-electron chi connectivity index (χ0n) is 15.9. The smallest absolute Gasteiger partial charge is 0.0140 e. The van der Waals surface area contributed by atoms with Crippen LogP contribution in [-0.2, 0) is 0 Å². The third kappa shape index (κ3) is 27.1. The molecule has 1 N–H and O–H groups in total. The van der Waals surface area contributed by atoms with Gasteiger partial charge in [-0.1, -0.05) is 68.9 Å². The van der Waals surface area contributed by atoms with Gasteiger partial charge in [-0.3, -0.25) is 0 Å². The van der Waals surface area contributed by atoms with Gasteiger partial charge >= 0.3 is 0 Å². The van der Waals surface area contributed by atoms with E-state index in [-0.39, 0.29) is 0 Å². The van der Waals surface area contributed by atoms with Crippen molar-refractivity contribution in [3.8, 4) is 0 Å². The van der Waals surface area contributed by atoms with E-state index < -0.39 is 0 Å². The highest BCUT2D eigenvalue weighted by Gasteiger charge is 1.91. The normalized spacial score (nSPS) is 11.6. The minimum Gasteiger partial charge on any atom is -0.313 e. The molecule has 0 spiro atoms. The van der Waals surface area contributed by atoms with Crippen LogP contribution < -0.4 is 5.32 Å². The van der Waals surface area contributed by atoms with E-state index in [1.807, 2.05) is 6.08 Å². The maximum atomic E-state index is 3.72. The lowest BCUT2D eigenvalue weighted by Crippen LogP contribution is -2.15. The van der Waals surface area contributed by atoms with E-state index in [0.717, 1.165) is 25.4 Å². The molecule has 0 aromatic heterocycles. The lowest BCUT2D eigenvalue weighted by atomic mass is 10.1. The molecular weight excluding hydrogens is 266 g/mol. The standard InChI is InChI=1S/C15H25N.C4H10.C2H4/c1-5-9-15(7-3)10-8-12-16-13-11-14(4)6-2;1-4(2)3;1-2/h5-7,9,11,16H,2,8,10,12-13H2,1,3-4H3;4H,1-3H3;1-2H2/b9-5-,14-11+,15-7+;;. The summed E-state index contributed by atoms with van der Waals surface area (Å²) in [5.41, 5.74) is 2.65. The monoisotopic (exact) mass is 305 g/mol. The van der Waals surface area contributed by atoms with Gasteiger partial charge in [-0.2, -0.15) is 0 Å². The second kappa shape index (κ2) is 21.9. The molecule has 0 saturated carbocycles. The molecule has 128 valence electrons. The van der Waals surface area contributed by atoms with Crippen LogP contribution in [0, 0.1) is 5.92 Å². The Bertz CT molecular complexity index is 316. The number of hydrogen-bond acceptors (Lipinski definition) is 1. The quantitative estimate of drug-likeness (QED) is 0.307. The summed E-state index contributed by atoms with van der Waals surface area (Å²) < 4.78 is 0. The number of hydrogen-bond donors (Lipinski definition) is 1. The Morgan fingerprint density at radius 1 is 1.14 bits per heavy atom. The summed E-state index contributed by atoms with van der Waals surface area (Å²) in [5.74, 6) is 0.833. The van der Waals surface area contributed by atoms with E-state index in [0.29, 0.717) is 0 Å². The topological polar surface area (TPSA) is 12.0 Å². The fourth-order valence-electron chi connectivity index (χ4n) is 1.37. The van der Waals surface area contributed by atoms with Crippen LogP contribution in [0.15, 0.2) is 61.3 Å². The van der Waals surface area contributed by atoms with Gasteiger partial charge in [-0.15, -0.1) is 13.2 Å². The predicted octanol–water partition coefficient (Wildman–Crippen LogP) is 6.48. The molecule has 0 aliphatic rings. The molecule has 0 aliphatic heterocycles. The molecule has 1 nitrogen and oxygen atoms in total. The third-order valence-corrected chi connectivity index (χ3v) is 2.46. The van der Waals surface area contributed by atoms with Crippen LogP contribution in [0.25, 0.3) is 0 Å². The van der Waals surface area contributed by atoms with Crippen molar-refractivity contribution >= 4 is 0 Å². The summed E-state index contributed by atoms with van der Waals surface area (Å²) in [4.78, 5) is 0. The highest BCUT2D eigenvalue weighted by Crippen LogP contribution is 2.05. The van der Waals surface area contributed by atoms with Crippen LogP contribution in [-0.4, -0.2) is 13.1 Å². The van der Waals surface area contributed by atoms with Gasteiger partial charge in [0, 0.05) is 6.54 Å². The van der Waals surface area contributed by atoms with Gasteiger partial charge in [0.15, 0.2) is 0 Å². The van der Waals surface area contributed by atoms with Gasteiger partial charge in [-0.25, -0.2) is 0 Å². The fourth-order valence-corrected chi connectivity index (χ4v) is 1.37. The molecule has 0 aromatic carbocycles. The lowest BCUT2D eigenvalue weighted by molar-refractivity contribution is 0.692. The molecule has 0 aromatic rings. The molecule has 0 bridgehead atoms. The van der Waals surface area contributed by atoms with E-state index >= 15 is 0 Å². The molecule has 0 aliphatic carbocycles. The SMILES string of the molecule is C=C.C=C/C(C)=C/CNCCCC(/C=C\C)=C/C.CC(C)C. The van der Waals surface area contributed by atoms with Gasteiger partial charge in [0.25, 0.3) is 0 Å². The first-order valence-electron chi connectivity index (χ1n) is 8.25. The molecule has 0 atom stereocenters. The Morgan fingerprint density at radius 2 is 1.68 bits per heavy atom. The predicted molar refractivity (Wildman–Crippen MR) is 106 cm³/mol. The second-order valence-corrected chi connectivity index (χ2v) is 5.56. The Kier molecular flexibility index (Phi) is 25.5.